The molecule has 5 aliphatic rings. The Bertz CT molecular complexity index is 2360. The summed E-state index contributed by atoms with van der Waals surface area (Å²) in [5.41, 5.74) is 3.79. The maximum absolute atomic E-state index is 14.6. The highest BCUT2D eigenvalue weighted by Crippen LogP contribution is 2.35. The molecule has 0 spiro atoms. The zero-order valence-corrected chi connectivity index (χ0v) is 44.1. The molecule has 73 heavy (non-hydrogen) atoms. The van der Waals surface area contributed by atoms with Gasteiger partial charge in [-0.15, -0.1) is 0 Å². The molecule has 0 aromatic heterocycles. The molecule has 8 amide bonds. The second-order valence-electron chi connectivity index (χ2n) is 22.3. The quantitative estimate of drug-likeness (QED) is 0.122. The number of hydrogen-bond donors (Lipinski definition) is 8. The lowest BCUT2D eigenvalue weighted by Crippen LogP contribution is -2.59. The van der Waals surface area contributed by atoms with Gasteiger partial charge in [0.25, 0.3) is 0 Å². The third-order valence-electron chi connectivity index (χ3n) is 16.1. The number of nitrogens with zero attached hydrogens (tertiary/aromatic N) is 2. The summed E-state index contributed by atoms with van der Waals surface area (Å²) >= 11 is 0. The van der Waals surface area contributed by atoms with Crippen molar-refractivity contribution < 1.29 is 38.4 Å². The Morgan fingerprint density at radius 3 is 1.36 bits per heavy atom. The fourth-order valence-electron chi connectivity index (χ4n) is 11.5. The van der Waals surface area contributed by atoms with Gasteiger partial charge in [0.15, 0.2) is 0 Å². The van der Waals surface area contributed by atoms with Crippen LogP contribution in [-0.4, -0.2) is 133 Å². The van der Waals surface area contributed by atoms with Crippen molar-refractivity contribution in [2.75, 3.05) is 27.2 Å². The molecule has 2 saturated heterocycles. The monoisotopic (exact) mass is 1010 g/mol. The summed E-state index contributed by atoms with van der Waals surface area (Å²) in [4.78, 5) is 114. The molecule has 3 fully saturated rings. The first-order chi connectivity index (χ1) is 34.8. The number of amides is 8. The fraction of sp³-hybridized carbons (Fsp3) is 0.636. The lowest BCUT2D eigenvalue weighted by Gasteiger charge is -2.36. The molecule has 1 saturated carbocycles. The van der Waals surface area contributed by atoms with Crippen LogP contribution < -0.4 is 42.5 Å². The molecule has 2 aliphatic heterocycles. The first-order valence-corrected chi connectivity index (χ1v) is 26.7. The van der Waals surface area contributed by atoms with E-state index < -0.39 is 77.4 Å². The SMILES string of the molecule is CNC(C)C(=O)NC(C)C(=O)N1CC(NC(=O)C2CCC(C(=O)NC3CC(C(=O)NC4CCCc5ccccc54)N(C(=O)C(NC(=O)C(C)NC)C(C)(C)C)C3)CC2)CC1C(=O)NC1CCCc2ccccc21. The van der Waals surface area contributed by atoms with Crippen LogP contribution in [0.3, 0.4) is 0 Å². The maximum Gasteiger partial charge on any atom is 0.246 e. The van der Waals surface area contributed by atoms with Gasteiger partial charge in [-0.05, 0) is 140 Å². The van der Waals surface area contributed by atoms with Gasteiger partial charge in [-0.2, -0.15) is 0 Å². The second-order valence-corrected chi connectivity index (χ2v) is 22.3. The number of hydrogen-bond acceptors (Lipinski definition) is 10. The summed E-state index contributed by atoms with van der Waals surface area (Å²) in [5.74, 6) is -3.32. The molecule has 10 unspecified atom stereocenters. The third kappa shape index (κ3) is 13.1. The standard InChI is InChI=1S/C55H80N10O8/c1-31(56-7)47(66)58-33(3)53(72)64-29-38(27-44(64)51(70)61-42-21-13-17-34-15-9-11-19-40(34)42)59-49(68)36-23-25-37(26-24-36)50(69)60-39-28-45(52(71)62-43-22-14-18-35-16-10-12-20-41(35)43)65(30-39)54(73)46(55(4,5)6)63-48(67)32(2)57-8/h9-12,15-16,19-20,31-33,36-39,42-46,56-57H,13-14,17-18,21-30H2,1-8H3,(H,58,66)(H,59,68)(H,60,69)(H,61,70)(H,62,71)(H,63,67). The Morgan fingerprint density at radius 1 is 0.521 bits per heavy atom. The first kappa shape index (κ1) is 54.9. The Morgan fingerprint density at radius 2 is 0.932 bits per heavy atom. The van der Waals surface area contributed by atoms with Crippen molar-refractivity contribution in [3.05, 3.63) is 70.8 Å². The van der Waals surface area contributed by atoms with Gasteiger partial charge >= 0.3 is 0 Å². The number of nitrogens with one attached hydrogen (secondary N) is 8. The molecule has 398 valence electrons. The predicted octanol–water partition coefficient (Wildman–Crippen LogP) is 2.60. The van der Waals surface area contributed by atoms with E-state index in [2.05, 4.69) is 54.7 Å². The van der Waals surface area contributed by atoms with Crippen LogP contribution in [0.5, 0.6) is 0 Å². The number of carbonyl (C=O) groups excluding carboxylic acids is 8. The Balaban J connectivity index is 0.983. The van der Waals surface area contributed by atoms with Gasteiger partial charge in [-0.1, -0.05) is 69.3 Å². The zero-order valence-electron chi connectivity index (χ0n) is 44.1. The van der Waals surface area contributed by atoms with Crippen LogP contribution in [0.2, 0.25) is 0 Å². The minimum atomic E-state index is -0.948. The van der Waals surface area contributed by atoms with Crippen molar-refractivity contribution >= 4 is 47.3 Å². The molecule has 18 nitrogen and oxygen atoms in total. The van der Waals surface area contributed by atoms with E-state index >= 15 is 0 Å². The Labute approximate surface area is 430 Å². The van der Waals surface area contributed by atoms with Crippen LogP contribution in [0.4, 0.5) is 0 Å². The molecule has 18 heteroatoms. The number of fused-ring (bicyclic) bond motifs is 2. The maximum atomic E-state index is 14.6. The van der Waals surface area contributed by atoms with Gasteiger partial charge in [-0.25, -0.2) is 0 Å². The van der Waals surface area contributed by atoms with E-state index in [4.69, 9.17) is 0 Å². The van der Waals surface area contributed by atoms with E-state index in [9.17, 15) is 38.4 Å². The molecule has 2 aromatic carbocycles. The molecular weight excluding hydrogens is 929 g/mol. The van der Waals surface area contributed by atoms with Gasteiger partial charge < -0.3 is 52.3 Å². The molecule has 2 aromatic rings. The summed E-state index contributed by atoms with van der Waals surface area (Å²) < 4.78 is 0. The number of carbonyl (C=O) groups is 8. The van der Waals surface area contributed by atoms with Crippen molar-refractivity contribution in [3.8, 4) is 0 Å². The summed E-state index contributed by atoms with van der Waals surface area (Å²) in [5, 5.41) is 24.2. The van der Waals surface area contributed by atoms with Crippen molar-refractivity contribution in [3.63, 3.8) is 0 Å². The molecule has 3 aliphatic carbocycles. The summed E-state index contributed by atoms with van der Waals surface area (Å²) in [6.07, 6.45) is 7.37. The van der Waals surface area contributed by atoms with Crippen molar-refractivity contribution in [1.82, 2.24) is 52.3 Å². The zero-order chi connectivity index (χ0) is 52.7. The second kappa shape index (κ2) is 24.0. The van der Waals surface area contributed by atoms with Gasteiger partial charge in [0.1, 0.15) is 24.2 Å². The largest absolute Gasteiger partial charge is 0.351 e. The summed E-state index contributed by atoms with van der Waals surface area (Å²) in [7, 11) is 3.32. The summed E-state index contributed by atoms with van der Waals surface area (Å²) in [6, 6.07) is 9.91. The average molecular weight is 1010 g/mol. The molecule has 7 rings (SSSR count). The van der Waals surface area contributed by atoms with Crippen LogP contribution >= 0.6 is 0 Å². The van der Waals surface area contributed by atoms with Gasteiger partial charge in [0.05, 0.1) is 24.2 Å². The summed E-state index contributed by atoms with van der Waals surface area (Å²) in [6.45, 7) is 10.8. The minimum Gasteiger partial charge on any atom is -0.351 e. The van der Waals surface area contributed by atoms with Gasteiger partial charge in [-0.3, -0.25) is 38.4 Å². The molecule has 0 radical (unpaired) electrons. The predicted molar refractivity (Wildman–Crippen MR) is 276 cm³/mol. The number of likely N-dealkylation sites (tertiary alicyclic amines) is 2. The first-order valence-electron chi connectivity index (χ1n) is 26.7. The third-order valence-corrected chi connectivity index (χ3v) is 16.1. The van der Waals surface area contributed by atoms with E-state index in [0.717, 1.165) is 49.7 Å². The molecular formula is C55H80N10O8. The molecule has 0 bridgehead atoms. The van der Waals surface area contributed by atoms with E-state index in [1.807, 2.05) is 57.2 Å². The van der Waals surface area contributed by atoms with Gasteiger partial charge in [0, 0.05) is 37.0 Å². The average Bonchev–Trinajstić information content (AvgIpc) is 4.01. The fourth-order valence-corrected chi connectivity index (χ4v) is 11.5. The number of rotatable bonds is 16. The van der Waals surface area contributed by atoms with Crippen LogP contribution in [0.15, 0.2) is 48.5 Å². The van der Waals surface area contributed by atoms with Crippen LogP contribution in [0.1, 0.15) is 140 Å². The van der Waals surface area contributed by atoms with E-state index in [0.29, 0.717) is 25.7 Å². The number of aryl methyl sites for hydroxylation is 2. The number of benzene rings is 2. The van der Waals surface area contributed by atoms with Crippen molar-refractivity contribution in [2.45, 2.75) is 179 Å². The van der Waals surface area contributed by atoms with E-state index in [1.165, 1.54) is 20.9 Å². The topological polar surface area (TPSA) is 239 Å². The highest BCUT2D eigenvalue weighted by atomic mass is 16.2. The molecule has 2 heterocycles. The molecule has 8 N–H and O–H groups in total. The number of likely N-dealkylation sites (N-methyl/N-ethyl adjacent to an activating group) is 2. The van der Waals surface area contributed by atoms with Crippen molar-refractivity contribution in [1.29, 1.82) is 0 Å². The van der Waals surface area contributed by atoms with Crippen molar-refractivity contribution in [2.24, 2.45) is 17.3 Å². The molecule has 10 atom stereocenters. The smallest absolute Gasteiger partial charge is 0.246 e. The lowest BCUT2D eigenvalue weighted by atomic mass is 9.81. The normalized spacial score (nSPS) is 26.4. The van der Waals surface area contributed by atoms with Gasteiger partial charge in [0.2, 0.25) is 47.3 Å². The Kier molecular flexibility index (Phi) is 18.0. The van der Waals surface area contributed by atoms with Crippen LogP contribution in [0, 0.1) is 17.3 Å². The highest BCUT2D eigenvalue weighted by Gasteiger charge is 2.47. The van der Waals surface area contributed by atoms with Crippen LogP contribution in [-0.2, 0) is 51.2 Å². The Hall–Kier alpha value is -5.88. The minimum absolute atomic E-state index is 0.0831. The van der Waals surface area contributed by atoms with E-state index in [-0.39, 0.29) is 73.5 Å². The highest BCUT2D eigenvalue weighted by molar-refractivity contribution is 5.95. The van der Waals surface area contributed by atoms with Crippen LogP contribution in [0.25, 0.3) is 0 Å². The van der Waals surface area contributed by atoms with E-state index in [1.54, 1.807) is 34.9 Å². The lowest BCUT2D eigenvalue weighted by molar-refractivity contribution is -0.144.